The third-order valence-electron chi connectivity index (χ3n) is 2.82. The molecule has 0 spiro atoms. The maximum atomic E-state index is 5.85. The van der Waals surface area contributed by atoms with E-state index in [0.29, 0.717) is 13.2 Å². The summed E-state index contributed by atoms with van der Waals surface area (Å²) < 4.78 is 10.5. The van der Waals surface area contributed by atoms with Crippen LogP contribution < -0.4 is 10.1 Å². The second-order valence-corrected chi connectivity index (χ2v) is 4.78. The van der Waals surface area contributed by atoms with Gasteiger partial charge in [0.1, 0.15) is 12.4 Å². The van der Waals surface area contributed by atoms with Crippen molar-refractivity contribution >= 4 is 17.3 Å². The minimum atomic E-state index is 0.568. The second-order valence-electron chi connectivity index (χ2n) is 4.35. The molecule has 0 aromatic heterocycles. The predicted molar refractivity (Wildman–Crippen MR) is 82.6 cm³/mol. The van der Waals surface area contributed by atoms with Gasteiger partial charge in [-0.15, -0.1) is 0 Å². The molecule has 0 aliphatic heterocycles. The molecule has 0 saturated heterocycles. The van der Waals surface area contributed by atoms with Crippen molar-refractivity contribution in [1.82, 2.24) is 0 Å². The molecule has 0 atom stereocenters. The van der Waals surface area contributed by atoms with E-state index in [0.717, 1.165) is 23.0 Å². The van der Waals surface area contributed by atoms with Crippen LogP contribution in [0.1, 0.15) is 5.56 Å². The van der Waals surface area contributed by atoms with Gasteiger partial charge in [-0.05, 0) is 42.0 Å². The lowest BCUT2D eigenvalue weighted by atomic mass is 10.2. The molecule has 0 unspecified atom stereocenters. The van der Waals surface area contributed by atoms with Crippen LogP contribution in [-0.2, 0) is 11.3 Å². The van der Waals surface area contributed by atoms with Gasteiger partial charge in [0.05, 0.1) is 6.61 Å². The van der Waals surface area contributed by atoms with Crippen LogP contribution in [0.2, 0.25) is 5.02 Å². The summed E-state index contributed by atoms with van der Waals surface area (Å²) in [6.45, 7) is 1.93. The summed E-state index contributed by atoms with van der Waals surface area (Å²) in [6.07, 6.45) is 0. The largest absolute Gasteiger partial charge is 0.491 e. The fourth-order valence-electron chi connectivity index (χ4n) is 1.72. The quantitative estimate of drug-likeness (QED) is 0.783. The first kappa shape index (κ1) is 14.7. The molecule has 3 nitrogen and oxygen atoms in total. The van der Waals surface area contributed by atoms with E-state index in [1.54, 1.807) is 7.11 Å². The maximum Gasteiger partial charge on any atom is 0.119 e. The Hall–Kier alpha value is -1.71. The molecule has 1 N–H and O–H groups in total. The van der Waals surface area contributed by atoms with E-state index in [9.17, 15) is 0 Å². The van der Waals surface area contributed by atoms with E-state index < -0.39 is 0 Å². The number of methoxy groups -OCH3 is 1. The highest BCUT2D eigenvalue weighted by Gasteiger charge is 1.97. The van der Waals surface area contributed by atoms with Gasteiger partial charge in [0.15, 0.2) is 0 Å². The fourth-order valence-corrected chi connectivity index (χ4v) is 1.84. The van der Waals surface area contributed by atoms with E-state index in [2.05, 4.69) is 5.32 Å². The van der Waals surface area contributed by atoms with Gasteiger partial charge in [0, 0.05) is 24.4 Å². The van der Waals surface area contributed by atoms with Gasteiger partial charge < -0.3 is 14.8 Å². The Kier molecular flexibility index (Phi) is 5.71. The van der Waals surface area contributed by atoms with Gasteiger partial charge in [-0.25, -0.2) is 0 Å². The van der Waals surface area contributed by atoms with Gasteiger partial charge in [0.2, 0.25) is 0 Å². The molecular weight excluding hydrogens is 274 g/mol. The first-order valence-corrected chi connectivity index (χ1v) is 6.86. The Morgan fingerprint density at radius 1 is 0.950 bits per heavy atom. The zero-order valence-electron chi connectivity index (χ0n) is 11.4. The number of hydrogen-bond acceptors (Lipinski definition) is 3. The van der Waals surface area contributed by atoms with Crippen LogP contribution in [0, 0.1) is 0 Å². The zero-order valence-corrected chi connectivity index (χ0v) is 12.2. The first-order valence-electron chi connectivity index (χ1n) is 6.48. The Morgan fingerprint density at radius 3 is 2.30 bits per heavy atom. The molecule has 0 radical (unpaired) electrons. The number of hydrogen-bond donors (Lipinski definition) is 1. The molecule has 0 aliphatic rings. The fraction of sp³-hybridized carbons (Fsp3) is 0.250. The van der Waals surface area contributed by atoms with Crippen molar-refractivity contribution in [3.05, 3.63) is 59.1 Å². The zero-order chi connectivity index (χ0) is 14.2. The molecule has 4 heteroatoms. The van der Waals surface area contributed by atoms with Crippen molar-refractivity contribution in [2.45, 2.75) is 6.54 Å². The summed E-state index contributed by atoms with van der Waals surface area (Å²) in [5, 5.41) is 4.08. The third-order valence-corrected chi connectivity index (χ3v) is 3.07. The van der Waals surface area contributed by atoms with Crippen LogP contribution in [0.15, 0.2) is 48.5 Å². The Labute approximate surface area is 124 Å². The molecule has 20 heavy (non-hydrogen) atoms. The van der Waals surface area contributed by atoms with Gasteiger partial charge in [0.25, 0.3) is 0 Å². The first-order chi connectivity index (χ1) is 9.78. The molecular formula is C16H18ClNO2. The average molecular weight is 292 g/mol. The number of anilines is 1. The molecule has 2 aromatic rings. The summed E-state index contributed by atoms with van der Waals surface area (Å²) >= 11 is 5.85. The lowest BCUT2D eigenvalue weighted by Crippen LogP contribution is -2.04. The highest BCUT2D eigenvalue weighted by Crippen LogP contribution is 2.16. The Bertz CT molecular complexity index is 511. The number of rotatable bonds is 7. The maximum absolute atomic E-state index is 5.85. The third kappa shape index (κ3) is 4.76. The van der Waals surface area contributed by atoms with Crippen LogP contribution in [0.3, 0.4) is 0 Å². The van der Waals surface area contributed by atoms with Crippen LogP contribution in [-0.4, -0.2) is 20.3 Å². The van der Waals surface area contributed by atoms with Crippen molar-refractivity contribution in [1.29, 1.82) is 0 Å². The summed E-state index contributed by atoms with van der Waals surface area (Å²) in [7, 11) is 1.66. The van der Waals surface area contributed by atoms with E-state index in [1.165, 1.54) is 5.56 Å². The number of nitrogens with one attached hydrogen (secondary N) is 1. The Morgan fingerprint density at radius 2 is 1.65 bits per heavy atom. The van der Waals surface area contributed by atoms with Crippen LogP contribution >= 0.6 is 11.6 Å². The van der Waals surface area contributed by atoms with Crippen LogP contribution in [0.5, 0.6) is 5.75 Å². The summed E-state index contributed by atoms with van der Waals surface area (Å²) in [6, 6.07) is 15.7. The number of benzene rings is 2. The summed E-state index contributed by atoms with van der Waals surface area (Å²) in [4.78, 5) is 0. The smallest absolute Gasteiger partial charge is 0.119 e. The van der Waals surface area contributed by atoms with Gasteiger partial charge in [-0.1, -0.05) is 23.7 Å². The minimum absolute atomic E-state index is 0.568. The molecule has 0 fully saturated rings. The van der Waals surface area contributed by atoms with Gasteiger partial charge >= 0.3 is 0 Å². The van der Waals surface area contributed by atoms with Gasteiger partial charge in [-0.3, -0.25) is 0 Å². The molecule has 0 amide bonds. The summed E-state index contributed by atoms with van der Waals surface area (Å²) in [5.74, 6) is 0.859. The molecule has 106 valence electrons. The standard InChI is InChI=1S/C16H18ClNO2/c1-19-10-11-20-16-8-2-13(3-9-16)12-18-15-6-4-14(17)5-7-15/h2-9,18H,10-12H2,1H3. The second kappa shape index (κ2) is 7.78. The van der Waals surface area contributed by atoms with Crippen molar-refractivity contribution < 1.29 is 9.47 Å². The van der Waals surface area contributed by atoms with E-state index >= 15 is 0 Å². The molecule has 0 bridgehead atoms. The Balaban J connectivity index is 1.82. The number of halogens is 1. The molecule has 2 aromatic carbocycles. The molecule has 0 heterocycles. The number of ether oxygens (including phenoxy) is 2. The van der Waals surface area contributed by atoms with E-state index in [4.69, 9.17) is 21.1 Å². The van der Waals surface area contributed by atoms with Crippen molar-refractivity contribution in [2.75, 3.05) is 25.6 Å². The van der Waals surface area contributed by atoms with Crippen molar-refractivity contribution in [3.8, 4) is 5.75 Å². The summed E-state index contributed by atoms with van der Waals surface area (Å²) in [5.41, 5.74) is 2.24. The lowest BCUT2D eigenvalue weighted by molar-refractivity contribution is 0.146. The van der Waals surface area contributed by atoms with E-state index in [1.807, 2.05) is 48.5 Å². The molecule has 2 rings (SSSR count). The van der Waals surface area contributed by atoms with Gasteiger partial charge in [-0.2, -0.15) is 0 Å². The SMILES string of the molecule is COCCOc1ccc(CNc2ccc(Cl)cc2)cc1. The molecule has 0 aliphatic carbocycles. The van der Waals surface area contributed by atoms with E-state index in [-0.39, 0.29) is 0 Å². The minimum Gasteiger partial charge on any atom is -0.491 e. The lowest BCUT2D eigenvalue weighted by Gasteiger charge is -2.08. The van der Waals surface area contributed by atoms with Crippen LogP contribution in [0.25, 0.3) is 0 Å². The molecule has 0 saturated carbocycles. The van der Waals surface area contributed by atoms with Crippen molar-refractivity contribution in [3.63, 3.8) is 0 Å². The highest BCUT2D eigenvalue weighted by molar-refractivity contribution is 6.30. The highest BCUT2D eigenvalue weighted by atomic mass is 35.5. The topological polar surface area (TPSA) is 30.5 Å². The predicted octanol–water partition coefficient (Wildman–Crippen LogP) is 3.98. The monoisotopic (exact) mass is 291 g/mol. The van der Waals surface area contributed by atoms with Crippen LogP contribution in [0.4, 0.5) is 5.69 Å². The van der Waals surface area contributed by atoms with Crippen molar-refractivity contribution in [2.24, 2.45) is 0 Å². The average Bonchev–Trinajstić information content (AvgIpc) is 2.48. The normalized spacial score (nSPS) is 10.3.